The van der Waals surface area contributed by atoms with Crippen LogP contribution in [0.2, 0.25) is 0 Å². The number of nitrogens with one attached hydrogen (secondary N) is 1. The van der Waals surface area contributed by atoms with Crippen LogP contribution in [0.5, 0.6) is 0 Å². The first-order valence-electron chi connectivity index (χ1n) is 9.40. The molecule has 26 heavy (non-hydrogen) atoms. The number of anilines is 1. The Bertz CT molecular complexity index is 791. The first-order chi connectivity index (χ1) is 12.7. The Morgan fingerprint density at radius 2 is 1.88 bits per heavy atom. The third-order valence-electron chi connectivity index (χ3n) is 5.23. The lowest BCUT2D eigenvalue weighted by Gasteiger charge is -2.34. The fourth-order valence-corrected chi connectivity index (χ4v) is 3.75. The van der Waals surface area contributed by atoms with E-state index in [1.807, 2.05) is 29.3 Å². The zero-order chi connectivity index (χ0) is 17.9. The number of nitrogens with zero attached hydrogens (tertiary/aromatic N) is 4. The van der Waals surface area contributed by atoms with Crippen LogP contribution < -0.4 is 10.3 Å². The summed E-state index contributed by atoms with van der Waals surface area (Å²) in [5.74, 6) is 0.671. The predicted octanol–water partition coefficient (Wildman–Crippen LogP) is 1.99. The van der Waals surface area contributed by atoms with Crippen molar-refractivity contribution in [3.63, 3.8) is 0 Å². The van der Waals surface area contributed by atoms with Gasteiger partial charge in [-0.25, -0.2) is 5.01 Å². The summed E-state index contributed by atoms with van der Waals surface area (Å²) in [7, 11) is 0. The molecule has 1 aromatic heterocycles. The highest BCUT2D eigenvalue weighted by Gasteiger charge is 2.24. The lowest BCUT2D eigenvalue weighted by Crippen LogP contribution is -2.48. The van der Waals surface area contributed by atoms with Gasteiger partial charge in [0, 0.05) is 36.4 Å². The highest BCUT2D eigenvalue weighted by atomic mass is 16.5. The first-order valence-corrected chi connectivity index (χ1v) is 9.40. The van der Waals surface area contributed by atoms with E-state index in [0.29, 0.717) is 38.0 Å². The van der Waals surface area contributed by atoms with Crippen molar-refractivity contribution in [2.75, 3.05) is 37.7 Å². The van der Waals surface area contributed by atoms with Gasteiger partial charge in [-0.15, -0.1) is 10.2 Å². The molecule has 2 aliphatic rings. The van der Waals surface area contributed by atoms with Gasteiger partial charge in [0.15, 0.2) is 11.5 Å². The maximum absolute atomic E-state index is 12.8. The van der Waals surface area contributed by atoms with Crippen LogP contribution in [-0.4, -0.2) is 60.0 Å². The molecular weight excluding hydrogens is 330 g/mol. The molecule has 1 atom stereocenters. The molecule has 2 aromatic rings. The van der Waals surface area contributed by atoms with E-state index in [4.69, 9.17) is 4.74 Å². The maximum atomic E-state index is 12.8. The molecule has 1 amide bonds. The second kappa shape index (κ2) is 7.55. The van der Waals surface area contributed by atoms with Crippen LogP contribution in [-0.2, 0) is 4.74 Å². The standard InChI is InChI=1S/C19H25N5O2/c1-14-6-4-5-9-24(14)18-16-8-3-2-7-15(16)17(20-21-18)19(25)22-23-10-12-26-13-11-23/h2-3,7-8,14H,4-6,9-13H2,1H3,(H,22,25). The quantitative estimate of drug-likeness (QED) is 0.908. The molecular formula is C19H25N5O2. The van der Waals surface area contributed by atoms with E-state index in [0.717, 1.165) is 29.6 Å². The van der Waals surface area contributed by atoms with Crippen molar-refractivity contribution in [2.45, 2.75) is 32.2 Å². The van der Waals surface area contributed by atoms with Crippen LogP contribution >= 0.6 is 0 Å². The summed E-state index contributed by atoms with van der Waals surface area (Å²) in [4.78, 5) is 15.1. The Hall–Kier alpha value is -2.25. The van der Waals surface area contributed by atoms with Crippen LogP contribution in [0.1, 0.15) is 36.7 Å². The molecule has 1 N–H and O–H groups in total. The van der Waals surface area contributed by atoms with E-state index >= 15 is 0 Å². The van der Waals surface area contributed by atoms with Crippen molar-refractivity contribution in [3.8, 4) is 0 Å². The average molecular weight is 355 g/mol. The van der Waals surface area contributed by atoms with Gasteiger partial charge in [0.1, 0.15) is 0 Å². The predicted molar refractivity (Wildman–Crippen MR) is 100 cm³/mol. The number of aromatic nitrogens is 2. The number of benzene rings is 1. The topological polar surface area (TPSA) is 70.6 Å². The van der Waals surface area contributed by atoms with Crippen molar-refractivity contribution in [1.29, 1.82) is 0 Å². The number of hydrogen-bond acceptors (Lipinski definition) is 6. The van der Waals surface area contributed by atoms with Gasteiger partial charge < -0.3 is 9.64 Å². The maximum Gasteiger partial charge on any atom is 0.286 e. The third kappa shape index (κ3) is 3.37. The molecule has 7 heteroatoms. The first kappa shape index (κ1) is 17.2. The van der Waals surface area contributed by atoms with Gasteiger partial charge in [-0.1, -0.05) is 24.3 Å². The Balaban J connectivity index is 1.66. The number of morpholine rings is 1. The van der Waals surface area contributed by atoms with Crippen molar-refractivity contribution in [2.24, 2.45) is 0 Å². The number of fused-ring (bicyclic) bond motifs is 1. The van der Waals surface area contributed by atoms with E-state index in [2.05, 4.69) is 27.4 Å². The van der Waals surface area contributed by atoms with Gasteiger partial charge in [-0.3, -0.25) is 10.2 Å². The number of piperidine rings is 1. The molecule has 1 unspecified atom stereocenters. The largest absolute Gasteiger partial charge is 0.379 e. The molecule has 0 bridgehead atoms. The number of amides is 1. The minimum Gasteiger partial charge on any atom is -0.379 e. The molecule has 0 radical (unpaired) electrons. The molecule has 0 aliphatic carbocycles. The number of rotatable bonds is 3. The second-order valence-corrected chi connectivity index (χ2v) is 7.00. The fourth-order valence-electron chi connectivity index (χ4n) is 3.75. The molecule has 2 fully saturated rings. The summed E-state index contributed by atoms with van der Waals surface area (Å²) in [5, 5.41) is 12.5. The van der Waals surface area contributed by atoms with Gasteiger partial charge in [0.2, 0.25) is 0 Å². The highest BCUT2D eigenvalue weighted by Crippen LogP contribution is 2.30. The van der Waals surface area contributed by atoms with Crippen molar-refractivity contribution in [1.82, 2.24) is 20.6 Å². The number of carbonyl (C=O) groups is 1. The van der Waals surface area contributed by atoms with Crippen molar-refractivity contribution < 1.29 is 9.53 Å². The van der Waals surface area contributed by atoms with Crippen molar-refractivity contribution >= 4 is 22.5 Å². The number of ether oxygens (including phenoxy) is 1. The summed E-state index contributed by atoms with van der Waals surface area (Å²) in [6.07, 6.45) is 3.58. The Morgan fingerprint density at radius 1 is 1.12 bits per heavy atom. The molecule has 0 spiro atoms. The number of hydrazine groups is 1. The molecule has 138 valence electrons. The Labute approximate surface area is 153 Å². The van der Waals surface area contributed by atoms with E-state index in [9.17, 15) is 4.79 Å². The monoisotopic (exact) mass is 355 g/mol. The highest BCUT2D eigenvalue weighted by molar-refractivity contribution is 6.07. The second-order valence-electron chi connectivity index (χ2n) is 7.00. The van der Waals surface area contributed by atoms with Crippen LogP contribution in [0, 0.1) is 0 Å². The zero-order valence-electron chi connectivity index (χ0n) is 15.1. The summed E-state index contributed by atoms with van der Waals surface area (Å²) in [6.45, 7) is 5.83. The fraction of sp³-hybridized carbons (Fsp3) is 0.526. The Kier molecular flexibility index (Phi) is 4.99. The van der Waals surface area contributed by atoms with Gasteiger partial charge in [-0.2, -0.15) is 0 Å². The number of carbonyl (C=O) groups excluding carboxylic acids is 1. The van der Waals surface area contributed by atoms with Gasteiger partial charge in [0.25, 0.3) is 5.91 Å². The Morgan fingerprint density at radius 3 is 2.65 bits per heavy atom. The van der Waals surface area contributed by atoms with E-state index < -0.39 is 0 Å². The molecule has 2 saturated heterocycles. The minimum atomic E-state index is -0.214. The zero-order valence-corrected chi connectivity index (χ0v) is 15.1. The van der Waals surface area contributed by atoms with Gasteiger partial charge in [-0.05, 0) is 26.2 Å². The summed E-state index contributed by atoms with van der Waals surface area (Å²) < 4.78 is 5.32. The van der Waals surface area contributed by atoms with Gasteiger partial charge in [0.05, 0.1) is 13.2 Å². The lowest BCUT2D eigenvalue weighted by atomic mass is 10.0. The van der Waals surface area contributed by atoms with E-state index in [1.54, 1.807) is 0 Å². The average Bonchev–Trinajstić information content (AvgIpc) is 2.68. The van der Waals surface area contributed by atoms with Crippen molar-refractivity contribution in [3.05, 3.63) is 30.0 Å². The number of hydrogen-bond donors (Lipinski definition) is 1. The summed E-state index contributed by atoms with van der Waals surface area (Å²) in [5.41, 5.74) is 3.31. The molecule has 4 rings (SSSR count). The van der Waals surface area contributed by atoms with Gasteiger partial charge >= 0.3 is 0 Å². The normalized spacial score (nSPS) is 21.7. The third-order valence-corrected chi connectivity index (χ3v) is 5.23. The minimum absolute atomic E-state index is 0.214. The molecule has 7 nitrogen and oxygen atoms in total. The van der Waals surface area contributed by atoms with E-state index in [1.165, 1.54) is 12.8 Å². The smallest absolute Gasteiger partial charge is 0.286 e. The SMILES string of the molecule is CC1CCCCN1c1nnc(C(=O)NN2CCOCC2)c2ccccc12. The molecule has 2 aliphatic heterocycles. The summed E-state index contributed by atoms with van der Waals surface area (Å²) >= 11 is 0. The summed E-state index contributed by atoms with van der Waals surface area (Å²) in [6, 6.07) is 8.36. The lowest BCUT2D eigenvalue weighted by molar-refractivity contribution is 0.0125. The van der Waals surface area contributed by atoms with Crippen LogP contribution in [0.4, 0.5) is 5.82 Å². The van der Waals surface area contributed by atoms with E-state index in [-0.39, 0.29) is 5.91 Å². The van der Waals surface area contributed by atoms with Crippen LogP contribution in [0.15, 0.2) is 24.3 Å². The molecule has 3 heterocycles. The van der Waals surface area contributed by atoms with Crippen LogP contribution in [0.3, 0.4) is 0 Å². The molecule has 0 saturated carbocycles. The van der Waals surface area contributed by atoms with Crippen LogP contribution in [0.25, 0.3) is 10.8 Å². The molecule has 1 aromatic carbocycles.